The third-order valence-electron chi connectivity index (χ3n) is 1.90. The standard InChI is InChI=1S/C11H17NO2/c1-9-3-5-11(6-4-9)14-8-10(13)7-12-2/h3-6,10,12-13H,7-8H2,1-2H3/t10-/m1/s1. The molecule has 3 heteroatoms. The summed E-state index contributed by atoms with van der Waals surface area (Å²) in [5.74, 6) is 0.797. The maximum atomic E-state index is 9.38. The van der Waals surface area contributed by atoms with Crippen molar-refractivity contribution in [1.29, 1.82) is 0 Å². The Morgan fingerprint density at radius 1 is 1.36 bits per heavy atom. The predicted octanol–water partition coefficient (Wildman–Crippen LogP) is 0.954. The molecule has 0 aromatic heterocycles. The Bertz CT molecular complexity index is 258. The molecule has 0 aliphatic carbocycles. The second-order valence-electron chi connectivity index (χ2n) is 3.34. The second kappa shape index (κ2) is 5.62. The molecule has 1 aromatic carbocycles. The van der Waals surface area contributed by atoms with Crippen LogP contribution in [0.15, 0.2) is 24.3 Å². The molecule has 0 saturated carbocycles. The van der Waals surface area contributed by atoms with Gasteiger partial charge in [0.15, 0.2) is 0 Å². The molecule has 0 aliphatic heterocycles. The van der Waals surface area contributed by atoms with Gasteiger partial charge in [-0.2, -0.15) is 0 Å². The van der Waals surface area contributed by atoms with Gasteiger partial charge in [0, 0.05) is 6.54 Å². The molecule has 1 rings (SSSR count). The molecule has 0 fully saturated rings. The third-order valence-corrected chi connectivity index (χ3v) is 1.90. The molecule has 0 bridgehead atoms. The first-order valence-electron chi connectivity index (χ1n) is 4.74. The fourth-order valence-electron chi connectivity index (χ4n) is 1.12. The maximum Gasteiger partial charge on any atom is 0.119 e. The fraction of sp³-hybridized carbons (Fsp3) is 0.455. The number of aliphatic hydroxyl groups is 1. The first-order chi connectivity index (χ1) is 6.72. The van der Waals surface area contributed by atoms with Gasteiger partial charge in [-0.3, -0.25) is 0 Å². The third kappa shape index (κ3) is 3.77. The molecule has 0 amide bonds. The van der Waals surface area contributed by atoms with E-state index in [1.54, 1.807) is 7.05 Å². The van der Waals surface area contributed by atoms with E-state index in [4.69, 9.17) is 4.74 Å². The number of nitrogens with one attached hydrogen (secondary N) is 1. The Morgan fingerprint density at radius 3 is 2.57 bits per heavy atom. The van der Waals surface area contributed by atoms with Crippen LogP contribution >= 0.6 is 0 Å². The highest BCUT2D eigenvalue weighted by atomic mass is 16.5. The van der Waals surface area contributed by atoms with Crippen molar-refractivity contribution in [2.45, 2.75) is 13.0 Å². The van der Waals surface area contributed by atoms with Gasteiger partial charge in [-0.1, -0.05) is 17.7 Å². The van der Waals surface area contributed by atoms with Gasteiger partial charge in [0.05, 0.1) is 0 Å². The minimum Gasteiger partial charge on any atom is -0.491 e. The van der Waals surface area contributed by atoms with Crippen LogP contribution in [0.1, 0.15) is 5.56 Å². The van der Waals surface area contributed by atoms with E-state index in [2.05, 4.69) is 5.32 Å². The molecule has 0 radical (unpaired) electrons. The summed E-state index contributed by atoms with van der Waals surface area (Å²) in [6.07, 6.45) is -0.457. The molecule has 2 N–H and O–H groups in total. The molecular weight excluding hydrogens is 178 g/mol. The number of aliphatic hydroxyl groups excluding tert-OH is 1. The summed E-state index contributed by atoms with van der Waals surface area (Å²) >= 11 is 0. The minimum atomic E-state index is -0.457. The molecule has 78 valence electrons. The van der Waals surface area contributed by atoms with E-state index in [1.807, 2.05) is 31.2 Å². The Balaban J connectivity index is 2.34. The molecule has 0 spiro atoms. The van der Waals surface area contributed by atoms with Crippen LogP contribution < -0.4 is 10.1 Å². The normalized spacial score (nSPS) is 12.5. The molecule has 0 heterocycles. The van der Waals surface area contributed by atoms with E-state index in [1.165, 1.54) is 5.56 Å². The van der Waals surface area contributed by atoms with Crippen molar-refractivity contribution in [3.63, 3.8) is 0 Å². The Labute approximate surface area is 84.7 Å². The smallest absolute Gasteiger partial charge is 0.119 e. The van der Waals surface area contributed by atoms with Crippen molar-refractivity contribution >= 4 is 0 Å². The number of ether oxygens (including phenoxy) is 1. The first kappa shape index (κ1) is 11.0. The highest BCUT2D eigenvalue weighted by molar-refractivity contribution is 5.26. The summed E-state index contributed by atoms with van der Waals surface area (Å²) in [6, 6.07) is 7.78. The summed E-state index contributed by atoms with van der Waals surface area (Å²) in [4.78, 5) is 0. The monoisotopic (exact) mass is 195 g/mol. The summed E-state index contributed by atoms with van der Waals surface area (Å²) < 4.78 is 5.39. The lowest BCUT2D eigenvalue weighted by Gasteiger charge is -2.11. The second-order valence-corrected chi connectivity index (χ2v) is 3.34. The maximum absolute atomic E-state index is 9.38. The zero-order valence-corrected chi connectivity index (χ0v) is 8.66. The number of rotatable bonds is 5. The first-order valence-corrected chi connectivity index (χ1v) is 4.74. The predicted molar refractivity (Wildman–Crippen MR) is 56.6 cm³/mol. The highest BCUT2D eigenvalue weighted by Crippen LogP contribution is 2.11. The van der Waals surface area contributed by atoms with Gasteiger partial charge < -0.3 is 15.2 Å². The Morgan fingerprint density at radius 2 is 2.00 bits per heavy atom. The summed E-state index contributed by atoms with van der Waals surface area (Å²) in [5.41, 5.74) is 1.20. The van der Waals surface area contributed by atoms with Gasteiger partial charge in [-0.15, -0.1) is 0 Å². The van der Waals surface area contributed by atoms with Crippen LogP contribution in [0.5, 0.6) is 5.75 Å². The molecular formula is C11H17NO2. The number of aryl methyl sites for hydroxylation is 1. The van der Waals surface area contributed by atoms with E-state index in [0.717, 1.165) is 5.75 Å². The highest BCUT2D eigenvalue weighted by Gasteiger charge is 2.02. The Hall–Kier alpha value is -1.06. The molecule has 1 aromatic rings. The molecule has 0 aliphatic rings. The van der Waals surface area contributed by atoms with Crippen LogP contribution in [0.25, 0.3) is 0 Å². The summed E-state index contributed by atoms with van der Waals surface area (Å²) in [5, 5.41) is 12.3. The number of likely N-dealkylation sites (N-methyl/N-ethyl adjacent to an activating group) is 1. The molecule has 1 atom stereocenters. The van der Waals surface area contributed by atoms with Crippen LogP contribution in [-0.4, -0.2) is 31.4 Å². The lowest BCUT2D eigenvalue weighted by Crippen LogP contribution is -2.29. The van der Waals surface area contributed by atoms with Gasteiger partial charge in [0.2, 0.25) is 0 Å². The van der Waals surface area contributed by atoms with Gasteiger partial charge in [0.1, 0.15) is 18.5 Å². The van der Waals surface area contributed by atoms with E-state index < -0.39 is 6.10 Å². The summed E-state index contributed by atoms with van der Waals surface area (Å²) in [7, 11) is 1.80. The molecule has 0 unspecified atom stereocenters. The van der Waals surface area contributed by atoms with Crippen molar-refractivity contribution in [3.05, 3.63) is 29.8 Å². The SMILES string of the molecule is CNC[C@@H](O)COc1ccc(C)cc1. The lowest BCUT2D eigenvalue weighted by molar-refractivity contribution is 0.108. The quantitative estimate of drug-likeness (QED) is 0.735. The largest absolute Gasteiger partial charge is 0.491 e. The van der Waals surface area contributed by atoms with E-state index in [0.29, 0.717) is 13.2 Å². The Kier molecular flexibility index (Phi) is 4.43. The van der Waals surface area contributed by atoms with Gasteiger partial charge in [-0.25, -0.2) is 0 Å². The van der Waals surface area contributed by atoms with Crippen molar-refractivity contribution in [2.24, 2.45) is 0 Å². The number of benzene rings is 1. The molecule has 3 nitrogen and oxygen atoms in total. The zero-order chi connectivity index (χ0) is 10.4. The minimum absolute atomic E-state index is 0.323. The summed E-state index contributed by atoms with van der Waals surface area (Å²) in [6.45, 7) is 2.90. The zero-order valence-electron chi connectivity index (χ0n) is 8.66. The van der Waals surface area contributed by atoms with Crippen molar-refractivity contribution in [2.75, 3.05) is 20.2 Å². The topological polar surface area (TPSA) is 41.5 Å². The average molecular weight is 195 g/mol. The van der Waals surface area contributed by atoms with Crippen molar-refractivity contribution in [1.82, 2.24) is 5.32 Å². The van der Waals surface area contributed by atoms with E-state index in [-0.39, 0.29) is 0 Å². The lowest BCUT2D eigenvalue weighted by atomic mass is 10.2. The van der Waals surface area contributed by atoms with Gasteiger partial charge in [-0.05, 0) is 26.1 Å². The molecule has 0 saturated heterocycles. The molecule has 14 heavy (non-hydrogen) atoms. The van der Waals surface area contributed by atoms with Gasteiger partial charge >= 0.3 is 0 Å². The van der Waals surface area contributed by atoms with Crippen LogP contribution in [0.4, 0.5) is 0 Å². The number of hydrogen-bond donors (Lipinski definition) is 2. The van der Waals surface area contributed by atoms with Crippen molar-refractivity contribution < 1.29 is 9.84 Å². The van der Waals surface area contributed by atoms with E-state index in [9.17, 15) is 5.11 Å². The van der Waals surface area contributed by atoms with Crippen LogP contribution in [0.2, 0.25) is 0 Å². The van der Waals surface area contributed by atoms with Crippen LogP contribution in [0, 0.1) is 6.92 Å². The van der Waals surface area contributed by atoms with E-state index >= 15 is 0 Å². The fourth-order valence-corrected chi connectivity index (χ4v) is 1.12. The van der Waals surface area contributed by atoms with Gasteiger partial charge in [0.25, 0.3) is 0 Å². The van der Waals surface area contributed by atoms with Crippen LogP contribution in [0.3, 0.4) is 0 Å². The number of hydrogen-bond acceptors (Lipinski definition) is 3. The average Bonchev–Trinajstić information content (AvgIpc) is 2.17. The van der Waals surface area contributed by atoms with Crippen LogP contribution in [-0.2, 0) is 0 Å². The van der Waals surface area contributed by atoms with Crippen molar-refractivity contribution in [3.8, 4) is 5.75 Å².